The lowest BCUT2D eigenvalue weighted by Gasteiger charge is -2.32. The summed E-state index contributed by atoms with van der Waals surface area (Å²) in [6.07, 6.45) is 0.331. The highest BCUT2D eigenvalue weighted by atomic mass is 31.2. The molecule has 0 bridgehead atoms. The van der Waals surface area contributed by atoms with Crippen LogP contribution in [0.15, 0.2) is 54.6 Å². The fourth-order valence-corrected chi connectivity index (χ4v) is 9.34. The zero-order valence-corrected chi connectivity index (χ0v) is 21.3. The van der Waals surface area contributed by atoms with Gasteiger partial charge in [0, 0.05) is 0 Å². The second kappa shape index (κ2) is 11.3. The molecule has 34 heavy (non-hydrogen) atoms. The lowest BCUT2D eigenvalue weighted by molar-refractivity contribution is 0.321. The Morgan fingerprint density at radius 2 is 0.735 bits per heavy atom. The van der Waals surface area contributed by atoms with Gasteiger partial charge in [0.2, 0.25) is 0 Å². The molecule has 0 saturated heterocycles. The Morgan fingerprint density at radius 1 is 0.500 bits per heavy atom. The minimum absolute atomic E-state index is 0.128. The first-order valence-electron chi connectivity index (χ1n) is 10.7. The molecule has 0 aromatic heterocycles. The number of rotatable bonds is 11. The molecule has 7 nitrogen and oxygen atoms in total. The molecule has 8 heteroatoms. The first kappa shape index (κ1) is 25.5. The second-order valence-corrected chi connectivity index (χ2v) is 10.7. The van der Waals surface area contributed by atoms with Gasteiger partial charge in [-0.1, -0.05) is 18.2 Å². The van der Waals surface area contributed by atoms with Gasteiger partial charge in [-0.15, -0.1) is 0 Å². The normalized spacial score (nSPS) is 11.0. The van der Waals surface area contributed by atoms with Crippen molar-refractivity contribution in [3.8, 4) is 34.5 Å². The SMILES string of the molecule is COc1cccc(OC)c1[P+](CCO)(c1c(OC)cccc1OC)c1c(OC)cccc1OC. The summed E-state index contributed by atoms with van der Waals surface area (Å²) in [5, 5.41) is 12.9. The molecule has 0 atom stereocenters. The van der Waals surface area contributed by atoms with Crippen LogP contribution in [-0.2, 0) is 0 Å². The Bertz CT molecular complexity index is 915. The first-order chi connectivity index (χ1) is 16.6. The lowest BCUT2D eigenvalue weighted by Crippen LogP contribution is -2.38. The van der Waals surface area contributed by atoms with Crippen molar-refractivity contribution in [2.45, 2.75) is 0 Å². The standard InChI is InChI=1S/C26H32O7P/c1-28-18-10-7-11-19(29-2)24(18)34(17-16-27,25-20(30-3)12-8-13-21(25)31-4)26-22(32-5)14-9-15-23(26)33-6/h7-15,27H,16-17H2,1-6H3/q+1. The van der Waals surface area contributed by atoms with E-state index in [0.717, 1.165) is 15.9 Å². The van der Waals surface area contributed by atoms with E-state index in [1.54, 1.807) is 42.7 Å². The van der Waals surface area contributed by atoms with Crippen LogP contribution in [0.5, 0.6) is 34.5 Å². The fourth-order valence-electron chi connectivity index (χ4n) is 4.44. The molecule has 3 aromatic carbocycles. The summed E-state index contributed by atoms with van der Waals surface area (Å²) in [5.74, 6) is 3.68. The van der Waals surface area contributed by atoms with Crippen molar-refractivity contribution in [2.24, 2.45) is 0 Å². The van der Waals surface area contributed by atoms with Crippen LogP contribution in [0.3, 0.4) is 0 Å². The summed E-state index contributed by atoms with van der Waals surface area (Å²) in [4.78, 5) is 0. The summed E-state index contributed by atoms with van der Waals surface area (Å²) in [6, 6.07) is 16.9. The second-order valence-electron chi connectivity index (χ2n) is 7.29. The van der Waals surface area contributed by atoms with Gasteiger partial charge in [-0.3, -0.25) is 0 Å². The number of aliphatic hydroxyl groups is 1. The highest BCUT2D eigenvalue weighted by Crippen LogP contribution is 2.65. The van der Waals surface area contributed by atoms with Crippen LogP contribution in [0.1, 0.15) is 0 Å². The number of aliphatic hydroxyl groups excluding tert-OH is 1. The third-order valence-corrected chi connectivity index (χ3v) is 10.3. The van der Waals surface area contributed by atoms with Gasteiger partial charge >= 0.3 is 0 Å². The van der Waals surface area contributed by atoms with Crippen molar-refractivity contribution in [3.63, 3.8) is 0 Å². The number of benzene rings is 3. The van der Waals surface area contributed by atoms with Crippen LogP contribution >= 0.6 is 7.26 Å². The average Bonchev–Trinajstić information content (AvgIpc) is 2.90. The molecular formula is C26H32O7P+. The fraction of sp³-hybridized carbons (Fsp3) is 0.308. The minimum atomic E-state index is -2.88. The Hall–Kier alpha value is -3.15. The quantitative estimate of drug-likeness (QED) is 0.417. The van der Waals surface area contributed by atoms with E-state index < -0.39 is 7.26 Å². The zero-order valence-electron chi connectivity index (χ0n) is 20.5. The Morgan fingerprint density at radius 3 is 0.912 bits per heavy atom. The molecule has 0 heterocycles. The Balaban J connectivity index is 2.70. The third kappa shape index (κ3) is 4.22. The van der Waals surface area contributed by atoms with Crippen molar-refractivity contribution < 1.29 is 33.5 Å². The summed E-state index contributed by atoms with van der Waals surface area (Å²) < 4.78 is 35.3. The van der Waals surface area contributed by atoms with Crippen LogP contribution in [0.4, 0.5) is 0 Å². The van der Waals surface area contributed by atoms with Gasteiger partial charge in [-0.25, -0.2) is 0 Å². The lowest BCUT2D eigenvalue weighted by atomic mass is 10.3. The topological polar surface area (TPSA) is 75.6 Å². The molecule has 0 unspecified atom stereocenters. The van der Waals surface area contributed by atoms with E-state index in [0.29, 0.717) is 40.7 Å². The summed E-state index contributed by atoms with van der Waals surface area (Å²) in [5.41, 5.74) is 0. The van der Waals surface area contributed by atoms with Crippen LogP contribution in [0, 0.1) is 0 Å². The summed E-state index contributed by atoms with van der Waals surface area (Å²) in [6.45, 7) is -0.128. The van der Waals surface area contributed by atoms with Crippen molar-refractivity contribution >= 4 is 23.2 Å². The highest BCUT2D eigenvalue weighted by molar-refractivity contribution is 7.96. The maximum Gasteiger partial charge on any atom is 0.188 e. The first-order valence-corrected chi connectivity index (χ1v) is 12.7. The Labute approximate surface area is 201 Å². The monoisotopic (exact) mass is 487 g/mol. The number of ether oxygens (including phenoxy) is 6. The van der Waals surface area contributed by atoms with Crippen molar-refractivity contribution in [1.29, 1.82) is 0 Å². The predicted molar refractivity (Wildman–Crippen MR) is 136 cm³/mol. The molecule has 0 aliphatic carbocycles. The molecule has 1 N–H and O–H groups in total. The molecule has 3 aromatic rings. The van der Waals surface area contributed by atoms with Crippen LogP contribution < -0.4 is 44.3 Å². The van der Waals surface area contributed by atoms with Gasteiger partial charge in [0.05, 0.1) is 55.4 Å². The molecule has 0 spiro atoms. The Kier molecular flexibility index (Phi) is 8.48. The van der Waals surface area contributed by atoms with Gasteiger partial charge in [-0.2, -0.15) is 0 Å². The van der Waals surface area contributed by atoms with Gasteiger partial charge in [-0.05, 0) is 36.4 Å². The van der Waals surface area contributed by atoms with E-state index in [-0.39, 0.29) is 6.61 Å². The molecule has 182 valence electrons. The zero-order chi connectivity index (χ0) is 24.7. The molecule has 0 aliphatic heterocycles. The maximum absolute atomic E-state index is 10.6. The van der Waals surface area contributed by atoms with Gasteiger partial charge in [0.1, 0.15) is 7.26 Å². The molecule has 0 aliphatic rings. The molecule has 0 fully saturated rings. The smallest absolute Gasteiger partial charge is 0.188 e. The molecular weight excluding hydrogens is 455 g/mol. The van der Waals surface area contributed by atoms with E-state index in [4.69, 9.17) is 28.4 Å². The predicted octanol–water partition coefficient (Wildman–Crippen LogP) is 3.02. The van der Waals surface area contributed by atoms with E-state index in [1.807, 2.05) is 54.6 Å². The third-order valence-electron chi connectivity index (χ3n) is 5.79. The van der Waals surface area contributed by atoms with Crippen LogP contribution in [0.25, 0.3) is 0 Å². The molecule has 0 amide bonds. The van der Waals surface area contributed by atoms with Crippen molar-refractivity contribution in [3.05, 3.63) is 54.6 Å². The van der Waals surface area contributed by atoms with Gasteiger partial charge in [0.25, 0.3) is 0 Å². The van der Waals surface area contributed by atoms with E-state index in [9.17, 15) is 5.11 Å². The number of hydrogen-bond acceptors (Lipinski definition) is 7. The van der Waals surface area contributed by atoms with E-state index >= 15 is 0 Å². The van der Waals surface area contributed by atoms with Crippen LogP contribution in [0.2, 0.25) is 0 Å². The minimum Gasteiger partial charge on any atom is -0.492 e. The molecule has 0 radical (unpaired) electrons. The van der Waals surface area contributed by atoms with Crippen molar-refractivity contribution in [1.82, 2.24) is 0 Å². The van der Waals surface area contributed by atoms with E-state index in [1.165, 1.54) is 0 Å². The number of hydrogen-bond donors (Lipinski definition) is 1. The van der Waals surface area contributed by atoms with Gasteiger partial charge in [0.15, 0.2) is 50.4 Å². The molecule has 0 saturated carbocycles. The van der Waals surface area contributed by atoms with E-state index in [2.05, 4.69) is 0 Å². The largest absolute Gasteiger partial charge is 0.492 e. The number of methoxy groups -OCH3 is 6. The molecule has 3 rings (SSSR count). The van der Waals surface area contributed by atoms with Gasteiger partial charge < -0.3 is 33.5 Å². The maximum atomic E-state index is 10.6. The van der Waals surface area contributed by atoms with Crippen molar-refractivity contribution in [2.75, 3.05) is 55.4 Å². The summed E-state index contributed by atoms with van der Waals surface area (Å²) >= 11 is 0. The summed E-state index contributed by atoms with van der Waals surface area (Å²) in [7, 11) is 6.82. The highest BCUT2D eigenvalue weighted by Gasteiger charge is 2.57. The van der Waals surface area contributed by atoms with Crippen LogP contribution in [-0.4, -0.2) is 60.5 Å². The average molecular weight is 488 g/mol.